The van der Waals surface area contributed by atoms with Crippen LogP contribution in [-0.2, 0) is 0 Å². The molecule has 0 atom stereocenters. The fourth-order valence-corrected chi connectivity index (χ4v) is 0.737. The molecule has 0 unspecified atom stereocenters. The highest BCUT2D eigenvalue weighted by atomic mass is 16.4. The van der Waals surface area contributed by atoms with Crippen LogP contribution in [0.1, 0.15) is 5.89 Å². The first kappa shape index (κ1) is 5.22. The summed E-state index contributed by atoms with van der Waals surface area (Å²) in [5.74, 6) is 0.489. The predicted molar refractivity (Wildman–Crippen MR) is 35.3 cm³/mol. The summed E-state index contributed by atoms with van der Waals surface area (Å²) in [5, 5.41) is 7.76. The fraction of sp³-hybridized carbons (Fsp3) is 0. The molecule has 0 bridgehead atoms. The Labute approximate surface area is 56.8 Å². The molecular formula is C6H5N3O. The summed E-state index contributed by atoms with van der Waals surface area (Å²) in [6.07, 6.45) is 3.16. The zero-order valence-electron chi connectivity index (χ0n) is 5.19. The highest BCUT2D eigenvalue weighted by Gasteiger charge is 1.99. The summed E-state index contributed by atoms with van der Waals surface area (Å²) in [5.41, 5.74) is 0.634. The maximum Gasteiger partial charge on any atom is 0.242 e. The lowest BCUT2D eigenvalue weighted by Gasteiger charge is -1.71. The summed E-state index contributed by atoms with van der Waals surface area (Å²) in [6.45, 7) is 3.51. The predicted octanol–water partition coefficient (Wildman–Crippen LogP) is 0.965. The summed E-state index contributed by atoms with van der Waals surface area (Å²) >= 11 is 0. The van der Waals surface area contributed by atoms with Crippen LogP contribution in [0.2, 0.25) is 0 Å². The van der Waals surface area contributed by atoms with Crippen molar-refractivity contribution >= 4 is 11.8 Å². The summed E-state index contributed by atoms with van der Waals surface area (Å²) in [6, 6.07) is 1.74. The molecular weight excluding hydrogens is 130 g/mol. The average molecular weight is 135 g/mol. The first-order chi connectivity index (χ1) is 4.90. The van der Waals surface area contributed by atoms with Crippen molar-refractivity contribution in [2.24, 2.45) is 0 Å². The van der Waals surface area contributed by atoms with Gasteiger partial charge < -0.3 is 4.42 Å². The van der Waals surface area contributed by atoms with E-state index in [1.54, 1.807) is 12.3 Å². The van der Waals surface area contributed by atoms with Crippen LogP contribution in [0, 0.1) is 0 Å². The highest BCUT2D eigenvalue weighted by Crippen LogP contribution is 2.04. The average Bonchev–Trinajstić information content (AvgIpc) is 2.42. The van der Waals surface area contributed by atoms with E-state index in [2.05, 4.69) is 16.8 Å². The topological polar surface area (TPSA) is 43.3 Å². The number of hydrogen-bond donors (Lipinski definition) is 0. The van der Waals surface area contributed by atoms with Crippen molar-refractivity contribution in [1.82, 2.24) is 14.8 Å². The quantitative estimate of drug-likeness (QED) is 0.585. The summed E-state index contributed by atoms with van der Waals surface area (Å²) < 4.78 is 6.54. The molecule has 2 aromatic rings. The number of nitrogens with zero attached hydrogens (tertiary/aromatic N) is 3. The molecule has 0 spiro atoms. The maximum absolute atomic E-state index is 5.13. The van der Waals surface area contributed by atoms with Crippen LogP contribution in [0.25, 0.3) is 11.8 Å². The summed E-state index contributed by atoms with van der Waals surface area (Å²) in [4.78, 5) is 0. The van der Waals surface area contributed by atoms with Gasteiger partial charge in [-0.25, -0.2) is 0 Å². The molecule has 2 rings (SSSR count). The minimum Gasteiger partial charge on any atom is -0.417 e. The zero-order chi connectivity index (χ0) is 6.97. The van der Waals surface area contributed by atoms with E-state index in [0.717, 1.165) is 0 Å². The van der Waals surface area contributed by atoms with Gasteiger partial charge in [0.05, 0.1) is 6.20 Å². The number of hydrogen-bond acceptors (Lipinski definition) is 3. The second kappa shape index (κ2) is 1.70. The van der Waals surface area contributed by atoms with E-state index in [4.69, 9.17) is 4.42 Å². The van der Waals surface area contributed by atoms with E-state index < -0.39 is 0 Å². The van der Waals surface area contributed by atoms with Gasteiger partial charge in [-0.3, -0.25) is 0 Å². The molecule has 0 aliphatic carbocycles. The van der Waals surface area contributed by atoms with Crippen LogP contribution in [0.3, 0.4) is 0 Å². The van der Waals surface area contributed by atoms with Crippen LogP contribution < -0.4 is 0 Å². The lowest BCUT2D eigenvalue weighted by Crippen LogP contribution is -1.84. The van der Waals surface area contributed by atoms with Gasteiger partial charge in [-0.2, -0.15) is 5.10 Å². The lowest BCUT2D eigenvalue weighted by atomic mass is 10.6. The molecule has 2 aromatic heterocycles. The van der Waals surface area contributed by atoms with Gasteiger partial charge in [0, 0.05) is 6.07 Å². The Hall–Kier alpha value is -1.58. The van der Waals surface area contributed by atoms with Crippen molar-refractivity contribution in [3.8, 4) is 0 Å². The van der Waals surface area contributed by atoms with E-state index in [-0.39, 0.29) is 0 Å². The minimum atomic E-state index is 0.489. The van der Waals surface area contributed by atoms with Gasteiger partial charge in [0.25, 0.3) is 0 Å². The molecule has 50 valence electrons. The van der Waals surface area contributed by atoms with Crippen LogP contribution in [0.5, 0.6) is 0 Å². The largest absolute Gasteiger partial charge is 0.417 e. The molecule has 0 aliphatic heterocycles. The smallest absolute Gasteiger partial charge is 0.242 e. The van der Waals surface area contributed by atoms with E-state index in [1.807, 2.05) is 0 Å². The van der Waals surface area contributed by atoms with Crippen molar-refractivity contribution in [1.29, 1.82) is 0 Å². The van der Waals surface area contributed by atoms with Crippen molar-refractivity contribution in [2.45, 2.75) is 0 Å². The second-order valence-electron chi connectivity index (χ2n) is 1.80. The Morgan fingerprint density at radius 1 is 1.70 bits per heavy atom. The molecule has 0 saturated carbocycles. The molecule has 0 N–H and O–H groups in total. The third kappa shape index (κ3) is 0.556. The third-order valence-corrected chi connectivity index (χ3v) is 1.17. The number of rotatable bonds is 1. The Balaban J connectivity index is 2.78. The molecule has 0 aliphatic rings. The van der Waals surface area contributed by atoms with Gasteiger partial charge in [0.2, 0.25) is 11.6 Å². The first-order valence-corrected chi connectivity index (χ1v) is 2.83. The standard InChI is InChI=1S/C6H5N3O/c1-2-5-8-9-6(10-5)3-4-7-9/h2-4H,1H2. The van der Waals surface area contributed by atoms with Gasteiger partial charge in [-0.05, 0) is 6.08 Å². The van der Waals surface area contributed by atoms with Gasteiger partial charge in [0.1, 0.15) is 0 Å². The SMILES string of the molecule is C=Cc1nn2nccc2o1. The van der Waals surface area contributed by atoms with Gasteiger partial charge in [0.15, 0.2) is 0 Å². The lowest BCUT2D eigenvalue weighted by molar-refractivity contribution is 0.588. The van der Waals surface area contributed by atoms with Gasteiger partial charge in [-0.1, -0.05) is 6.58 Å². The van der Waals surface area contributed by atoms with E-state index in [9.17, 15) is 0 Å². The van der Waals surface area contributed by atoms with Gasteiger partial charge >= 0.3 is 0 Å². The zero-order valence-corrected chi connectivity index (χ0v) is 5.19. The second-order valence-corrected chi connectivity index (χ2v) is 1.80. The monoisotopic (exact) mass is 135 g/mol. The van der Waals surface area contributed by atoms with Crippen LogP contribution in [0.4, 0.5) is 0 Å². The Morgan fingerprint density at radius 3 is 3.30 bits per heavy atom. The Bertz CT molecular complexity index is 331. The van der Waals surface area contributed by atoms with Crippen LogP contribution in [0.15, 0.2) is 23.3 Å². The molecule has 4 nitrogen and oxygen atoms in total. The number of aromatic nitrogens is 3. The molecule has 0 amide bonds. The van der Waals surface area contributed by atoms with Crippen molar-refractivity contribution < 1.29 is 4.42 Å². The molecule has 0 aromatic carbocycles. The van der Waals surface area contributed by atoms with E-state index in [1.165, 1.54) is 10.7 Å². The molecule has 0 fully saturated rings. The van der Waals surface area contributed by atoms with Crippen molar-refractivity contribution in [3.05, 3.63) is 24.7 Å². The normalized spacial score (nSPS) is 10.4. The van der Waals surface area contributed by atoms with E-state index >= 15 is 0 Å². The van der Waals surface area contributed by atoms with Crippen LogP contribution >= 0.6 is 0 Å². The first-order valence-electron chi connectivity index (χ1n) is 2.83. The Kier molecular flexibility index (Phi) is 0.887. The molecule has 4 heteroatoms. The molecule has 0 radical (unpaired) electrons. The van der Waals surface area contributed by atoms with Crippen molar-refractivity contribution in [2.75, 3.05) is 0 Å². The van der Waals surface area contributed by atoms with Crippen LogP contribution in [-0.4, -0.2) is 14.8 Å². The highest BCUT2D eigenvalue weighted by molar-refractivity contribution is 5.38. The maximum atomic E-state index is 5.13. The van der Waals surface area contributed by atoms with Gasteiger partial charge in [-0.15, -0.1) is 9.73 Å². The Morgan fingerprint density at radius 2 is 2.60 bits per heavy atom. The third-order valence-electron chi connectivity index (χ3n) is 1.17. The molecule has 10 heavy (non-hydrogen) atoms. The van der Waals surface area contributed by atoms with Crippen molar-refractivity contribution in [3.63, 3.8) is 0 Å². The van der Waals surface area contributed by atoms with E-state index in [0.29, 0.717) is 11.6 Å². The summed E-state index contributed by atoms with van der Waals surface area (Å²) in [7, 11) is 0. The molecule has 2 heterocycles. The number of fused-ring (bicyclic) bond motifs is 1. The molecule has 0 saturated heterocycles. The fourth-order valence-electron chi connectivity index (χ4n) is 0.737. The minimum absolute atomic E-state index is 0.489.